The highest BCUT2D eigenvalue weighted by Crippen LogP contribution is 2.65. The van der Waals surface area contributed by atoms with Crippen LogP contribution in [0.3, 0.4) is 0 Å². The number of furan rings is 1. The lowest BCUT2D eigenvalue weighted by molar-refractivity contribution is -0.210. The number of Topliss-reactive ketones (excluding diaryl/α,β-unsaturated/α-hetero) is 1. The fraction of sp³-hybridized carbons (Fsp3) is 0.680. The van der Waals surface area contributed by atoms with Crippen molar-refractivity contribution in [2.75, 3.05) is 13.7 Å². The molecule has 186 valence electrons. The van der Waals surface area contributed by atoms with E-state index in [1.165, 1.54) is 19.6 Å². The van der Waals surface area contributed by atoms with Crippen LogP contribution in [0.5, 0.6) is 0 Å². The second-order valence-corrected chi connectivity index (χ2v) is 10.3. The van der Waals surface area contributed by atoms with Gasteiger partial charge in [-0.05, 0) is 49.1 Å². The molecule has 9 heteroatoms. The second kappa shape index (κ2) is 9.17. The zero-order chi connectivity index (χ0) is 24.7. The standard InChI is InChI=1S/C25H33NO8/c1-24-8-6-15-23(30)34-18(14-7-10-32-13-14)12-25(15,2)21(24)20(28)17(11-16(24)22(29)31-3)33-19(27)5-4-9-26/h7,10,13,15-18,21H,4-6,8-9,11-12,26H2,1-3H3/t15-,16-,17-,18-,21-,24-,25-/m0/s1. The molecule has 0 bridgehead atoms. The van der Waals surface area contributed by atoms with E-state index in [0.29, 0.717) is 32.2 Å². The number of carbonyl (C=O) groups excluding carboxylic acids is 4. The van der Waals surface area contributed by atoms with Crippen molar-refractivity contribution in [2.24, 2.45) is 34.3 Å². The van der Waals surface area contributed by atoms with Crippen LogP contribution in [-0.2, 0) is 33.4 Å². The Morgan fingerprint density at radius 1 is 1.24 bits per heavy atom. The van der Waals surface area contributed by atoms with Crippen LogP contribution in [0.25, 0.3) is 0 Å². The summed E-state index contributed by atoms with van der Waals surface area (Å²) < 4.78 is 21.6. The Hall–Kier alpha value is -2.68. The Bertz CT molecular complexity index is 958. The van der Waals surface area contributed by atoms with Crippen molar-refractivity contribution in [1.29, 1.82) is 0 Å². The number of carbonyl (C=O) groups is 4. The first-order valence-electron chi connectivity index (χ1n) is 11.9. The third-order valence-corrected chi connectivity index (χ3v) is 8.36. The van der Waals surface area contributed by atoms with Crippen LogP contribution >= 0.6 is 0 Å². The van der Waals surface area contributed by atoms with E-state index in [2.05, 4.69) is 0 Å². The molecule has 7 atom stereocenters. The zero-order valence-electron chi connectivity index (χ0n) is 19.9. The first-order valence-corrected chi connectivity index (χ1v) is 11.9. The number of rotatable bonds is 6. The molecule has 2 N–H and O–H groups in total. The predicted molar refractivity (Wildman–Crippen MR) is 118 cm³/mol. The molecule has 0 unspecified atom stereocenters. The zero-order valence-corrected chi connectivity index (χ0v) is 19.9. The van der Waals surface area contributed by atoms with Crippen molar-refractivity contribution in [3.8, 4) is 0 Å². The van der Waals surface area contributed by atoms with Crippen molar-refractivity contribution >= 4 is 23.7 Å². The van der Waals surface area contributed by atoms with Gasteiger partial charge in [-0.3, -0.25) is 19.2 Å². The van der Waals surface area contributed by atoms with E-state index >= 15 is 0 Å². The molecule has 4 rings (SSSR count). The van der Waals surface area contributed by atoms with Gasteiger partial charge in [0.15, 0.2) is 11.9 Å². The van der Waals surface area contributed by atoms with Gasteiger partial charge in [0.1, 0.15) is 6.10 Å². The number of fused-ring (bicyclic) bond motifs is 3. The third kappa shape index (κ3) is 3.93. The minimum absolute atomic E-state index is 0.0726. The largest absolute Gasteiger partial charge is 0.472 e. The number of esters is 3. The Morgan fingerprint density at radius 3 is 2.65 bits per heavy atom. The molecule has 0 aromatic carbocycles. The molecular weight excluding hydrogens is 442 g/mol. The smallest absolute Gasteiger partial charge is 0.310 e. The fourth-order valence-electron chi connectivity index (χ4n) is 6.73. The summed E-state index contributed by atoms with van der Waals surface area (Å²) in [6, 6.07) is 1.74. The normalized spacial score (nSPS) is 37.2. The maximum atomic E-state index is 14.0. The van der Waals surface area contributed by atoms with Crippen molar-refractivity contribution in [3.63, 3.8) is 0 Å². The number of cyclic esters (lactones) is 1. The highest BCUT2D eigenvalue weighted by molar-refractivity contribution is 5.93. The van der Waals surface area contributed by atoms with E-state index in [4.69, 9.17) is 24.4 Å². The highest BCUT2D eigenvalue weighted by Gasteiger charge is 2.67. The van der Waals surface area contributed by atoms with Crippen LogP contribution in [0.4, 0.5) is 0 Å². The molecular formula is C25H33NO8. The number of hydrogen-bond donors (Lipinski definition) is 1. The number of hydrogen-bond acceptors (Lipinski definition) is 9. The minimum atomic E-state index is -1.08. The maximum absolute atomic E-state index is 14.0. The topological polar surface area (TPSA) is 135 Å². The average molecular weight is 476 g/mol. The van der Waals surface area contributed by atoms with Crippen LogP contribution in [0.1, 0.15) is 64.0 Å². The average Bonchev–Trinajstić information content (AvgIpc) is 3.33. The summed E-state index contributed by atoms with van der Waals surface area (Å²) in [5, 5.41) is 0. The summed E-state index contributed by atoms with van der Waals surface area (Å²) in [7, 11) is 1.32. The van der Waals surface area contributed by atoms with Crippen LogP contribution < -0.4 is 5.73 Å². The number of ether oxygens (including phenoxy) is 3. The first kappa shape index (κ1) is 24.4. The van der Waals surface area contributed by atoms with Gasteiger partial charge in [-0.2, -0.15) is 0 Å². The Morgan fingerprint density at radius 2 is 2.00 bits per heavy atom. The Kier molecular flexibility index (Phi) is 6.59. The van der Waals surface area contributed by atoms with Gasteiger partial charge >= 0.3 is 17.9 Å². The molecule has 1 aromatic rings. The number of nitrogens with two attached hydrogens (primary N) is 1. The molecule has 1 aliphatic heterocycles. The summed E-state index contributed by atoms with van der Waals surface area (Å²) in [4.78, 5) is 52.4. The van der Waals surface area contributed by atoms with Gasteiger partial charge < -0.3 is 24.4 Å². The van der Waals surface area contributed by atoms with Crippen LogP contribution in [0.2, 0.25) is 0 Å². The van der Waals surface area contributed by atoms with Crippen LogP contribution in [0, 0.1) is 28.6 Å². The van der Waals surface area contributed by atoms with Crippen molar-refractivity contribution in [1.82, 2.24) is 0 Å². The molecule has 9 nitrogen and oxygen atoms in total. The van der Waals surface area contributed by atoms with Crippen molar-refractivity contribution in [2.45, 2.75) is 64.6 Å². The Balaban J connectivity index is 1.73. The van der Waals surface area contributed by atoms with E-state index in [1.54, 1.807) is 6.07 Å². The van der Waals surface area contributed by atoms with E-state index < -0.39 is 52.7 Å². The summed E-state index contributed by atoms with van der Waals surface area (Å²) in [5.74, 6) is -3.38. The third-order valence-electron chi connectivity index (χ3n) is 8.36. The molecule has 3 fully saturated rings. The lowest BCUT2D eigenvalue weighted by Crippen LogP contribution is -2.64. The summed E-state index contributed by atoms with van der Waals surface area (Å²) >= 11 is 0. The molecule has 1 saturated heterocycles. The van der Waals surface area contributed by atoms with E-state index in [-0.39, 0.29) is 24.6 Å². The highest BCUT2D eigenvalue weighted by atomic mass is 16.6. The lowest BCUT2D eigenvalue weighted by Gasteiger charge is -2.61. The van der Waals surface area contributed by atoms with Crippen LogP contribution in [0.15, 0.2) is 23.0 Å². The number of methoxy groups -OCH3 is 1. The Labute approximate surface area is 198 Å². The molecule has 34 heavy (non-hydrogen) atoms. The SMILES string of the molecule is COC(=O)[C@@H]1C[C@H](OC(=O)CCCN)C(=O)[C@H]2[C@@]1(C)CC[C@H]1C(=O)O[C@H](c3ccoc3)C[C@]21C. The van der Waals surface area contributed by atoms with E-state index in [1.807, 2.05) is 13.8 Å². The van der Waals surface area contributed by atoms with Crippen LogP contribution in [-0.4, -0.2) is 43.4 Å². The lowest BCUT2D eigenvalue weighted by atomic mass is 9.43. The summed E-state index contributed by atoms with van der Waals surface area (Å²) in [5.41, 5.74) is 4.67. The molecule has 1 aromatic heterocycles. The number of ketones is 1. The van der Waals surface area contributed by atoms with Crippen molar-refractivity contribution < 1.29 is 37.8 Å². The predicted octanol–water partition coefficient (Wildman–Crippen LogP) is 2.72. The quantitative estimate of drug-likeness (QED) is 0.486. The van der Waals surface area contributed by atoms with Gasteiger partial charge in [-0.25, -0.2) is 0 Å². The molecule has 2 heterocycles. The van der Waals surface area contributed by atoms with Gasteiger partial charge in [0.2, 0.25) is 0 Å². The maximum Gasteiger partial charge on any atom is 0.310 e. The fourth-order valence-corrected chi connectivity index (χ4v) is 6.73. The molecule has 0 spiro atoms. The monoisotopic (exact) mass is 475 g/mol. The van der Waals surface area contributed by atoms with Gasteiger partial charge in [-0.15, -0.1) is 0 Å². The van der Waals surface area contributed by atoms with Gasteiger partial charge in [-0.1, -0.05) is 13.8 Å². The first-order chi connectivity index (χ1) is 16.2. The summed E-state index contributed by atoms with van der Waals surface area (Å²) in [6.45, 7) is 4.19. The molecule has 0 amide bonds. The van der Waals surface area contributed by atoms with Crippen molar-refractivity contribution in [3.05, 3.63) is 24.2 Å². The van der Waals surface area contributed by atoms with E-state index in [0.717, 1.165) is 5.56 Å². The van der Waals surface area contributed by atoms with Gasteiger partial charge in [0.05, 0.1) is 31.5 Å². The van der Waals surface area contributed by atoms with E-state index in [9.17, 15) is 19.2 Å². The molecule has 3 aliphatic rings. The molecule has 2 saturated carbocycles. The molecule has 2 aliphatic carbocycles. The minimum Gasteiger partial charge on any atom is -0.472 e. The second-order valence-electron chi connectivity index (χ2n) is 10.3. The summed E-state index contributed by atoms with van der Waals surface area (Å²) in [6.07, 6.45) is 3.41. The van der Waals surface area contributed by atoms with Gasteiger partial charge in [0.25, 0.3) is 0 Å². The van der Waals surface area contributed by atoms with Gasteiger partial charge in [0, 0.05) is 24.3 Å². The molecule has 0 radical (unpaired) electrons.